The normalized spacial score (nSPS) is 12.8. The lowest BCUT2D eigenvalue weighted by Crippen LogP contribution is -2.26. The van der Waals surface area contributed by atoms with E-state index in [0.29, 0.717) is 22.4 Å². The van der Waals surface area contributed by atoms with Gasteiger partial charge in [-0.15, -0.1) is 0 Å². The number of carbonyl (C=O) groups excluding carboxylic acids is 1. The van der Waals surface area contributed by atoms with Gasteiger partial charge in [0.25, 0.3) is 0 Å². The van der Waals surface area contributed by atoms with Crippen molar-refractivity contribution in [1.29, 1.82) is 0 Å². The highest BCUT2D eigenvalue weighted by atomic mass is 32.2. The van der Waals surface area contributed by atoms with E-state index in [0.717, 1.165) is 17.7 Å². The van der Waals surface area contributed by atoms with Gasteiger partial charge in [0, 0.05) is 23.6 Å². The van der Waals surface area contributed by atoms with Gasteiger partial charge in [0.05, 0.1) is 9.79 Å². The number of fused-ring (bicyclic) bond motifs is 2. The van der Waals surface area contributed by atoms with Crippen LogP contribution in [0.15, 0.2) is 82.7 Å². The van der Waals surface area contributed by atoms with Gasteiger partial charge in [0.15, 0.2) is 11.5 Å². The van der Waals surface area contributed by atoms with Crippen molar-refractivity contribution in [3.05, 3.63) is 84.3 Å². The summed E-state index contributed by atoms with van der Waals surface area (Å²) in [5, 5.41) is 3.33. The molecule has 2 heterocycles. The largest absolute Gasteiger partial charge is 0.454 e. The summed E-state index contributed by atoms with van der Waals surface area (Å²) < 4.78 is 51.9. The molecule has 0 saturated carbocycles. The Kier molecular flexibility index (Phi) is 5.26. The molecule has 33 heavy (non-hydrogen) atoms. The zero-order valence-electron chi connectivity index (χ0n) is 17.3. The first kappa shape index (κ1) is 21.0. The number of aromatic nitrogens is 1. The predicted molar refractivity (Wildman–Crippen MR) is 118 cm³/mol. The van der Waals surface area contributed by atoms with Gasteiger partial charge in [-0.1, -0.05) is 24.3 Å². The van der Waals surface area contributed by atoms with Gasteiger partial charge >= 0.3 is 0 Å². The lowest BCUT2D eigenvalue weighted by Gasteiger charge is -2.08. The Morgan fingerprint density at radius 3 is 2.58 bits per heavy atom. The molecule has 0 saturated heterocycles. The average Bonchev–Trinajstić information content (AvgIpc) is 3.43. The first-order chi connectivity index (χ1) is 15.9. The number of hydrogen-bond donors (Lipinski definition) is 1. The van der Waals surface area contributed by atoms with Gasteiger partial charge in [-0.25, -0.2) is 12.8 Å². The van der Waals surface area contributed by atoms with Crippen molar-refractivity contribution in [2.75, 3.05) is 6.79 Å². The zero-order chi connectivity index (χ0) is 23.0. The smallest absolute Gasteiger partial charge is 0.240 e. The Hall–Kier alpha value is -3.85. The van der Waals surface area contributed by atoms with Crippen LogP contribution in [0.1, 0.15) is 5.56 Å². The molecule has 4 aromatic rings. The molecule has 1 N–H and O–H groups in total. The first-order valence-electron chi connectivity index (χ1n) is 10.2. The Morgan fingerprint density at radius 1 is 1.00 bits per heavy atom. The highest BCUT2D eigenvalue weighted by Gasteiger charge is 2.24. The molecule has 1 amide bonds. The Labute approximate surface area is 189 Å². The number of hydrogen-bond acceptors (Lipinski definition) is 5. The molecule has 0 unspecified atom stereocenters. The summed E-state index contributed by atoms with van der Waals surface area (Å²) >= 11 is 0. The molecule has 168 valence electrons. The fourth-order valence-electron chi connectivity index (χ4n) is 3.76. The molecule has 5 rings (SSSR count). The predicted octanol–water partition coefficient (Wildman–Crippen LogP) is 3.66. The lowest BCUT2D eigenvalue weighted by molar-refractivity contribution is -0.121. The SMILES string of the molecule is O=C(Cn1cc(S(=O)(=O)c2ccc(F)cc2)c2ccccc21)NCc1ccc2c(c1)OCO2. The van der Waals surface area contributed by atoms with Crippen LogP contribution in [0.2, 0.25) is 0 Å². The summed E-state index contributed by atoms with van der Waals surface area (Å²) in [6.45, 7) is 0.397. The minimum Gasteiger partial charge on any atom is -0.454 e. The van der Waals surface area contributed by atoms with Crippen LogP contribution in [0.3, 0.4) is 0 Å². The van der Waals surface area contributed by atoms with E-state index >= 15 is 0 Å². The molecule has 0 radical (unpaired) electrons. The lowest BCUT2D eigenvalue weighted by atomic mass is 10.2. The van der Waals surface area contributed by atoms with Gasteiger partial charge in [-0.2, -0.15) is 0 Å². The van der Waals surface area contributed by atoms with Crippen LogP contribution in [-0.4, -0.2) is 25.7 Å². The summed E-state index contributed by atoms with van der Waals surface area (Å²) in [6.07, 6.45) is 1.45. The van der Waals surface area contributed by atoms with E-state index in [1.807, 2.05) is 6.07 Å². The van der Waals surface area contributed by atoms with Crippen LogP contribution in [-0.2, 0) is 27.7 Å². The number of carbonyl (C=O) groups is 1. The number of sulfone groups is 1. The molecule has 1 aromatic heterocycles. The molecule has 1 aliphatic rings. The fourth-order valence-corrected chi connectivity index (χ4v) is 5.24. The molecular weight excluding hydrogens is 447 g/mol. The number of nitrogens with zero attached hydrogens (tertiary/aromatic N) is 1. The highest BCUT2D eigenvalue weighted by molar-refractivity contribution is 7.91. The van der Waals surface area contributed by atoms with Gasteiger partial charge in [-0.05, 0) is 48.0 Å². The van der Waals surface area contributed by atoms with Gasteiger partial charge < -0.3 is 19.4 Å². The molecule has 0 aliphatic carbocycles. The summed E-state index contributed by atoms with van der Waals surface area (Å²) in [5.74, 6) is 0.502. The van der Waals surface area contributed by atoms with Crippen molar-refractivity contribution in [3.8, 4) is 11.5 Å². The maximum Gasteiger partial charge on any atom is 0.240 e. The Bertz CT molecular complexity index is 1460. The van der Waals surface area contributed by atoms with Crippen molar-refractivity contribution in [2.24, 2.45) is 0 Å². The third-order valence-electron chi connectivity index (χ3n) is 5.41. The van der Waals surface area contributed by atoms with Crippen LogP contribution >= 0.6 is 0 Å². The molecular formula is C24H19FN2O5S. The van der Waals surface area contributed by atoms with Crippen molar-refractivity contribution in [1.82, 2.24) is 9.88 Å². The quantitative estimate of drug-likeness (QED) is 0.439. The standard InChI is InChI=1S/C24H19FN2O5S/c25-17-6-8-18(9-7-17)33(29,30)23-13-27(20-4-2-1-3-19(20)23)14-24(28)26-12-16-5-10-21-22(11-16)32-15-31-21/h1-11,13H,12,14-15H2,(H,26,28). The maximum atomic E-state index is 13.3. The number of para-hydroxylation sites is 1. The first-order valence-corrected chi connectivity index (χ1v) is 11.6. The third-order valence-corrected chi connectivity index (χ3v) is 7.20. The van der Waals surface area contributed by atoms with Crippen molar-refractivity contribution in [2.45, 2.75) is 22.9 Å². The van der Waals surface area contributed by atoms with Crippen LogP contribution in [0.5, 0.6) is 11.5 Å². The van der Waals surface area contributed by atoms with E-state index in [1.54, 1.807) is 41.0 Å². The average molecular weight is 466 g/mol. The van der Waals surface area contributed by atoms with E-state index in [4.69, 9.17) is 9.47 Å². The summed E-state index contributed by atoms with van der Waals surface area (Å²) in [5.41, 5.74) is 1.46. The number of benzene rings is 3. The van der Waals surface area contributed by atoms with E-state index in [2.05, 4.69) is 5.32 Å². The van der Waals surface area contributed by atoms with Crippen molar-refractivity contribution in [3.63, 3.8) is 0 Å². The number of nitrogens with one attached hydrogen (secondary N) is 1. The van der Waals surface area contributed by atoms with Gasteiger partial charge in [0.2, 0.25) is 22.5 Å². The van der Waals surface area contributed by atoms with E-state index in [-0.39, 0.29) is 35.6 Å². The molecule has 0 spiro atoms. The number of ether oxygens (including phenoxy) is 2. The number of amides is 1. The van der Waals surface area contributed by atoms with Crippen LogP contribution < -0.4 is 14.8 Å². The van der Waals surface area contributed by atoms with Gasteiger partial charge in [0.1, 0.15) is 12.4 Å². The summed E-state index contributed by atoms with van der Waals surface area (Å²) in [4.78, 5) is 12.7. The minimum absolute atomic E-state index is 0.0148. The van der Waals surface area contributed by atoms with Crippen LogP contribution in [0.25, 0.3) is 10.9 Å². The molecule has 0 fully saturated rings. The number of halogens is 1. The van der Waals surface area contributed by atoms with Crippen molar-refractivity contribution >= 4 is 26.6 Å². The molecule has 7 nitrogen and oxygen atoms in total. The van der Waals surface area contributed by atoms with Crippen molar-refractivity contribution < 1.29 is 27.1 Å². The number of rotatable bonds is 6. The molecule has 0 bridgehead atoms. The highest BCUT2D eigenvalue weighted by Crippen LogP contribution is 2.33. The molecule has 0 atom stereocenters. The minimum atomic E-state index is -3.90. The monoisotopic (exact) mass is 466 g/mol. The fraction of sp³-hybridized carbons (Fsp3) is 0.125. The Morgan fingerprint density at radius 2 is 1.76 bits per heavy atom. The third kappa shape index (κ3) is 4.03. The van der Waals surface area contributed by atoms with Gasteiger partial charge in [-0.3, -0.25) is 4.79 Å². The second-order valence-electron chi connectivity index (χ2n) is 7.56. The second kappa shape index (κ2) is 8.25. The topological polar surface area (TPSA) is 86.6 Å². The zero-order valence-corrected chi connectivity index (χ0v) is 18.1. The van der Waals surface area contributed by atoms with Crippen LogP contribution in [0, 0.1) is 5.82 Å². The van der Waals surface area contributed by atoms with E-state index in [1.165, 1.54) is 18.3 Å². The summed E-state index contributed by atoms with van der Waals surface area (Å²) in [7, 11) is -3.90. The molecule has 3 aromatic carbocycles. The van der Waals surface area contributed by atoms with Crippen LogP contribution in [0.4, 0.5) is 4.39 Å². The van der Waals surface area contributed by atoms with E-state index in [9.17, 15) is 17.6 Å². The second-order valence-corrected chi connectivity index (χ2v) is 9.48. The molecule has 9 heteroatoms. The maximum absolute atomic E-state index is 13.3. The summed E-state index contributed by atoms with van der Waals surface area (Å²) in [6, 6.07) is 17.1. The molecule has 1 aliphatic heterocycles. The Balaban J connectivity index is 1.38. The van der Waals surface area contributed by atoms with E-state index < -0.39 is 15.7 Å².